The van der Waals surface area contributed by atoms with Crippen LogP contribution in [0, 0.1) is 5.92 Å². The molecular formula is C16H22BrN3O. The van der Waals surface area contributed by atoms with Crippen LogP contribution in [0.2, 0.25) is 0 Å². The van der Waals surface area contributed by atoms with Gasteiger partial charge in [-0.05, 0) is 36.7 Å². The van der Waals surface area contributed by atoms with Crippen molar-refractivity contribution in [3.63, 3.8) is 0 Å². The second kappa shape index (κ2) is 8.20. The summed E-state index contributed by atoms with van der Waals surface area (Å²) in [5, 5.41) is 3.41. The molecule has 0 aliphatic carbocycles. The predicted molar refractivity (Wildman–Crippen MR) is 88.4 cm³/mol. The third-order valence-electron chi connectivity index (χ3n) is 3.05. The van der Waals surface area contributed by atoms with Crippen molar-refractivity contribution in [2.45, 2.75) is 26.9 Å². The molecule has 2 aromatic rings. The van der Waals surface area contributed by atoms with Gasteiger partial charge in [0.15, 0.2) is 0 Å². The Bertz CT molecular complexity index is 537. The van der Waals surface area contributed by atoms with Crippen LogP contribution in [0.5, 0.6) is 5.75 Å². The van der Waals surface area contributed by atoms with Crippen molar-refractivity contribution >= 4 is 15.9 Å². The summed E-state index contributed by atoms with van der Waals surface area (Å²) in [5.74, 6) is 2.59. The fourth-order valence-corrected chi connectivity index (χ4v) is 2.24. The number of hydrogen-bond donors (Lipinski definition) is 1. The van der Waals surface area contributed by atoms with Gasteiger partial charge in [-0.3, -0.25) is 0 Å². The molecule has 2 rings (SSSR count). The third-order valence-corrected chi connectivity index (χ3v) is 3.58. The molecule has 4 nitrogen and oxygen atoms in total. The lowest BCUT2D eigenvalue weighted by atomic mass is 10.2. The first kappa shape index (κ1) is 16.0. The van der Waals surface area contributed by atoms with Gasteiger partial charge in [0, 0.05) is 16.9 Å². The molecule has 0 aliphatic rings. The fourth-order valence-electron chi connectivity index (χ4n) is 1.98. The van der Waals surface area contributed by atoms with Crippen LogP contribution >= 0.6 is 15.9 Å². The largest absolute Gasteiger partial charge is 0.492 e. The zero-order valence-electron chi connectivity index (χ0n) is 12.6. The van der Waals surface area contributed by atoms with E-state index >= 15 is 0 Å². The van der Waals surface area contributed by atoms with Gasteiger partial charge in [0.25, 0.3) is 0 Å². The molecule has 0 saturated heterocycles. The highest BCUT2D eigenvalue weighted by molar-refractivity contribution is 9.10. The van der Waals surface area contributed by atoms with Crippen LogP contribution in [0.4, 0.5) is 0 Å². The number of aromatic nitrogens is 2. The van der Waals surface area contributed by atoms with Crippen LogP contribution in [-0.2, 0) is 13.1 Å². The van der Waals surface area contributed by atoms with Gasteiger partial charge in [-0.1, -0.05) is 29.8 Å². The lowest BCUT2D eigenvalue weighted by molar-refractivity contribution is 0.295. The van der Waals surface area contributed by atoms with Crippen LogP contribution in [0.25, 0.3) is 0 Å². The van der Waals surface area contributed by atoms with Gasteiger partial charge >= 0.3 is 0 Å². The lowest BCUT2D eigenvalue weighted by Crippen LogP contribution is -2.22. The van der Waals surface area contributed by atoms with E-state index in [1.807, 2.05) is 36.7 Å². The summed E-state index contributed by atoms with van der Waals surface area (Å²) in [6.45, 7) is 7.63. The SMILES string of the molecule is CC(C)CNCc1nccn1CCOc1ccc(Br)cc1. The maximum absolute atomic E-state index is 5.74. The van der Waals surface area contributed by atoms with Crippen molar-refractivity contribution in [1.29, 1.82) is 0 Å². The molecule has 0 fully saturated rings. The molecule has 5 heteroatoms. The van der Waals surface area contributed by atoms with Gasteiger partial charge < -0.3 is 14.6 Å². The predicted octanol–water partition coefficient (Wildman–Crippen LogP) is 3.47. The number of ether oxygens (including phenoxy) is 1. The molecule has 0 radical (unpaired) electrons. The van der Waals surface area contributed by atoms with E-state index in [1.54, 1.807) is 0 Å². The van der Waals surface area contributed by atoms with E-state index in [9.17, 15) is 0 Å². The number of halogens is 1. The van der Waals surface area contributed by atoms with Crippen molar-refractivity contribution < 1.29 is 4.74 Å². The van der Waals surface area contributed by atoms with Crippen LogP contribution in [0.3, 0.4) is 0 Å². The van der Waals surface area contributed by atoms with Gasteiger partial charge in [-0.15, -0.1) is 0 Å². The molecule has 1 aromatic carbocycles. The summed E-state index contributed by atoms with van der Waals surface area (Å²) >= 11 is 3.41. The van der Waals surface area contributed by atoms with E-state index in [2.05, 4.69) is 44.6 Å². The minimum absolute atomic E-state index is 0.634. The average Bonchev–Trinajstić information content (AvgIpc) is 2.88. The standard InChI is InChI=1S/C16H22BrN3O/c1-13(2)11-18-12-16-19-7-8-20(16)9-10-21-15-5-3-14(17)4-6-15/h3-8,13,18H,9-12H2,1-2H3. The second-order valence-electron chi connectivity index (χ2n) is 5.36. The molecular weight excluding hydrogens is 330 g/mol. The molecule has 0 spiro atoms. The van der Waals surface area contributed by atoms with E-state index in [1.165, 1.54) is 0 Å². The first-order valence-electron chi connectivity index (χ1n) is 7.24. The van der Waals surface area contributed by atoms with Gasteiger partial charge in [0.2, 0.25) is 0 Å². The van der Waals surface area contributed by atoms with Crippen molar-refractivity contribution in [3.05, 3.63) is 47.0 Å². The van der Waals surface area contributed by atoms with E-state index < -0.39 is 0 Å². The monoisotopic (exact) mass is 351 g/mol. The van der Waals surface area contributed by atoms with E-state index in [0.717, 1.165) is 35.7 Å². The Hall–Kier alpha value is -1.33. The van der Waals surface area contributed by atoms with Crippen LogP contribution in [-0.4, -0.2) is 22.7 Å². The molecule has 0 saturated carbocycles. The average molecular weight is 352 g/mol. The summed E-state index contributed by atoms with van der Waals surface area (Å²) in [6, 6.07) is 7.88. The second-order valence-corrected chi connectivity index (χ2v) is 6.28. The number of rotatable bonds is 8. The molecule has 1 heterocycles. The highest BCUT2D eigenvalue weighted by Crippen LogP contribution is 2.16. The minimum atomic E-state index is 0.634. The molecule has 114 valence electrons. The van der Waals surface area contributed by atoms with Gasteiger partial charge in [0.1, 0.15) is 18.2 Å². The molecule has 0 unspecified atom stereocenters. The molecule has 21 heavy (non-hydrogen) atoms. The Kier molecular flexibility index (Phi) is 6.26. The highest BCUT2D eigenvalue weighted by Gasteiger charge is 2.03. The van der Waals surface area contributed by atoms with Crippen molar-refractivity contribution in [1.82, 2.24) is 14.9 Å². The molecule has 0 aliphatic heterocycles. The molecule has 1 aromatic heterocycles. The molecule has 0 atom stereocenters. The zero-order valence-corrected chi connectivity index (χ0v) is 14.1. The van der Waals surface area contributed by atoms with Crippen molar-refractivity contribution in [2.75, 3.05) is 13.2 Å². The zero-order chi connectivity index (χ0) is 15.1. The fraction of sp³-hybridized carbons (Fsp3) is 0.438. The summed E-state index contributed by atoms with van der Waals surface area (Å²) < 4.78 is 8.93. The van der Waals surface area contributed by atoms with Crippen molar-refractivity contribution in [2.24, 2.45) is 5.92 Å². The Balaban J connectivity index is 1.78. The third kappa shape index (κ3) is 5.52. The van der Waals surface area contributed by atoms with Crippen LogP contribution in [0.1, 0.15) is 19.7 Å². The highest BCUT2D eigenvalue weighted by atomic mass is 79.9. The summed E-state index contributed by atoms with van der Waals surface area (Å²) in [6.07, 6.45) is 3.84. The number of nitrogens with zero attached hydrogens (tertiary/aromatic N) is 2. The van der Waals surface area contributed by atoms with Crippen LogP contribution < -0.4 is 10.1 Å². The Morgan fingerprint density at radius 3 is 2.76 bits per heavy atom. The maximum atomic E-state index is 5.74. The maximum Gasteiger partial charge on any atom is 0.122 e. The minimum Gasteiger partial charge on any atom is -0.492 e. The smallest absolute Gasteiger partial charge is 0.122 e. The number of hydrogen-bond acceptors (Lipinski definition) is 3. The molecule has 0 amide bonds. The van der Waals surface area contributed by atoms with E-state index in [4.69, 9.17) is 4.74 Å². The summed E-state index contributed by atoms with van der Waals surface area (Å²) in [4.78, 5) is 4.39. The molecule has 0 bridgehead atoms. The lowest BCUT2D eigenvalue weighted by Gasteiger charge is -2.11. The van der Waals surface area contributed by atoms with Crippen LogP contribution in [0.15, 0.2) is 41.1 Å². The number of nitrogens with one attached hydrogen (secondary N) is 1. The molecule has 1 N–H and O–H groups in total. The Morgan fingerprint density at radius 2 is 2.05 bits per heavy atom. The van der Waals surface area contributed by atoms with Gasteiger partial charge in [0.05, 0.1) is 13.1 Å². The first-order valence-corrected chi connectivity index (χ1v) is 8.03. The number of imidazole rings is 1. The van der Waals surface area contributed by atoms with Crippen molar-refractivity contribution in [3.8, 4) is 5.75 Å². The Labute approximate surface area is 134 Å². The quantitative estimate of drug-likeness (QED) is 0.791. The Morgan fingerprint density at radius 1 is 1.29 bits per heavy atom. The normalized spacial score (nSPS) is 11.0. The van der Waals surface area contributed by atoms with Gasteiger partial charge in [-0.2, -0.15) is 0 Å². The number of benzene rings is 1. The van der Waals surface area contributed by atoms with E-state index in [-0.39, 0.29) is 0 Å². The van der Waals surface area contributed by atoms with Gasteiger partial charge in [-0.25, -0.2) is 4.98 Å². The summed E-state index contributed by atoms with van der Waals surface area (Å²) in [5.41, 5.74) is 0. The summed E-state index contributed by atoms with van der Waals surface area (Å²) in [7, 11) is 0. The first-order chi connectivity index (χ1) is 10.1. The topological polar surface area (TPSA) is 39.1 Å². The van der Waals surface area contributed by atoms with E-state index in [0.29, 0.717) is 12.5 Å².